The molecule has 0 spiro atoms. The third-order valence-electron chi connectivity index (χ3n) is 3.49. The molecule has 1 saturated carbocycles. The second-order valence-electron chi connectivity index (χ2n) is 5.12. The standard InChI is InChI=1S/C15H22ClN3.HI/c1-11(13-5-3-4-6-14(13)16)19-15(17-2)18-10-9-12-7-8-12;/h3-6,11-12H,7-10H2,1-2H3,(H2,17,18,19);1H. The van der Waals surface area contributed by atoms with Gasteiger partial charge in [-0.25, -0.2) is 0 Å². The lowest BCUT2D eigenvalue weighted by Crippen LogP contribution is -2.39. The first-order valence-corrected chi connectivity index (χ1v) is 7.30. The van der Waals surface area contributed by atoms with Crippen LogP contribution < -0.4 is 10.6 Å². The number of benzene rings is 1. The molecule has 1 unspecified atom stereocenters. The number of nitrogens with one attached hydrogen (secondary N) is 2. The molecule has 1 fully saturated rings. The van der Waals surface area contributed by atoms with Crippen molar-refractivity contribution in [1.82, 2.24) is 10.6 Å². The molecule has 5 heteroatoms. The van der Waals surface area contributed by atoms with Gasteiger partial charge in [0.25, 0.3) is 0 Å². The molecule has 0 aromatic heterocycles. The highest BCUT2D eigenvalue weighted by Crippen LogP contribution is 2.31. The lowest BCUT2D eigenvalue weighted by Gasteiger charge is -2.19. The van der Waals surface area contributed by atoms with Crippen LogP contribution in [0.3, 0.4) is 0 Å². The van der Waals surface area contributed by atoms with Gasteiger partial charge in [0, 0.05) is 18.6 Å². The molecule has 1 aliphatic rings. The zero-order valence-electron chi connectivity index (χ0n) is 12.0. The molecule has 0 heterocycles. The molecular formula is C15H23ClIN3. The fraction of sp³-hybridized carbons (Fsp3) is 0.533. The predicted molar refractivity (Wildman–Crippen MR) is 97.1 cm³/mol. The second kappa shape index (κ2) is 8.72. The maximum absolute atomic E-state index is 6.20. The monoisotopic (exact) mass is 407 g/mol. The highest BCUT2D eigenvalue weighted by molar-refractivity contribution is 14.0. The van der Waals surface area contributed by atoms with Crippen molar-refractivity contribution in [2.75, 3.05) is 13.6 Å². The van der Waals surface area contributed by atoms with Crippen molar-refractivity contribution < 1.29 is 0 Å². The van der Waals surface area contributed by atoms with Gasteiger partial charge in [-0.3, -0.25) is 4.99 Å². The molecule has 112 valence electrons. The summed E-state index contributed by atoms with van der Waals surface area (Å²) < 4.78 is 0. The first-order valence-electron chi connectivity index (χ1n) is 6.92. The molecule has 1 aliphatic carbocycles. The summed E-state index contributed by atoms with van der Waals surface area (Å²) in [6.07, 6.45) is 4.02. The minimum atomic E-state index is 0. The quantitative estimate of drug-likeness (QED) is 0.440. The van der Waals surface area contributed by atoms with Gasteiger partial charge >= 0.3 is 0 Å². The summed E-state index contributed by atoms with van der Waals surface area (Å²) in [6, 6.07) is 8.04. The number of rotatable bonds is 5. The van der Waals surface area contributed by atoms with Crippen LogP contribution in [0.5, 0.6) is 0 Å². The summed E-state index contributed by atoms with van der Waals surface area (Å²) in [4.78, 5) is 4.25. The summed E-state index contributed by atoms with van der Waals surface area (Å²) >= 11 is 6.20. The van der Waals surface area contributed by atoms with Crippen molar-refractivity contribution in [3.63, 3.8) is 0 Å². The zero-order valence-corrected chi connectivity index (χ0v) is 15.1. The summed E-state index contributed by atoms with van der Waals surface area (Å²) in [6.45, 7) is 3.08. The fourth-order valence-corrected chi connectivity index (χ4v) is 2.40. The van der Waals surface area contributed by atoms with Crippen molar-refractivity contribution in [2.45, 2.75) is 32.2 Å². The highest BCUT2D eigenvalue weighted by atomic mass is 127. The van der Waals surface area contributed by atoms with Crippen LogP contribution in [-0.4, -0.2) is 19.6 Å². The Hall–Kier alpha value is -0.490. The number of aliphatic imine (C=N–C) groups is 1. The lowest BCUT2D eigenvalue weighted by atomic mass is 10.1. The molecule has 1 atom stereocenters. The first-order chi connectivity index (χ1) is 9.20. The van der Waals surface area contributed by atoms with Crippen LogP contribution in [0, 0.1) is 5.92 Å². The maximum atomic E-state index is 6.20. The van der Waals surface area contributed by atoms with E-state index < -0.39 is 0 Å². The average molecular weight is 408 g/mol. The molecule has 1 aromatic carbocycles. The van der Waals surface area contributed by atoms with Crippen LogP contribution in [-0.2, 0) is 0 Å². The Labute approximate surface area is 143 Å². The van der Waals surface area contributed by atoms with Gasteiger partial charge in [-0.1, -0.05) is 42.6 Å². The summed E-state index contributed by atoms with van der Waals surface area (Å²) in [5.74, 6) is 1.78. The smallest absolute Gasteiger partial charge is 0.191 e. The molecule has 1 aromatic rings. The number of hydrogen-bond donors (Lipinski definition) is 2. The average Bonchev–Trinajstić information content (AvgIpc) is 3.22. The van der Waals surface area contributed by atoms with E-state index in [0.717, 1.165) is 29.0 Å². The van der Waals surface area contributed by atoms with E-state index in [-0.39, 0.29) is 30.0 Å². The molecule has 0 radical (unpaired) electrons. The Morgan fingerprint density at radius 1 is 1.40 bits per heavy atom. The third kappa shape index (κ3) is 5.48. The Bertz CT molecular complexity index is 446. The van der Waals surface area contributed by atoms with E-state index in [0.29, 0.717) is 0 Å². The van der Waals surface area contributed by atoms with Crippen LogP contribution in [0.15, 0.2) is 29.3 Å². The number of hydrogen-bond acceptors (Lipinski definition) is 1. The van der Waals surface area contributed by atoms with Gasteiger partial charge in [0.15, 0.2) is 5.96 Å². The minimum Gasteiger partial charge on any atom is -0.356 e. The largest absolute Gasteiger partial charge is 0.356 e. The van der Waals surface area contributed by atoms with Gasteiger partial charge in [-0.15, -0.1) is 24.0 Å². The van der Waals surface area contributed by atoms with E-state index in [9.17, 15) is 0 Å². The van der Waals surface area contributed by atoms with Crippen molar-refractivity contribution in [3.05, 3.63) is 34.9 Å². The molecule has 3 nitrogen and oxygen atoms in total. The highest BCUT2D eigenvalue weighted by Gasteiger charge is 2.20. The molecule has 0 amide bonds. The van der Waals surface area contributed by atoms with Gasteiger partial charge in [0.1, 0.15) is 0 Å². The molecule has 2 N–H and O–H groups in total. The second-order valence-corrected chi connectivity index (χ2v) is 5.53. The van der Waals surface area contributed by atoms with Crippen LogP contribution in [0.2, 0.25) is 5.02 Å². The van der Waals surface area contributed by atoms with Gasteiger partial charge in [-0.05, 0) is 30.9 Å². The number of guanidine groups is 1. The van der Waals surface area contributed by atoms with E-state index in [2.05, 4.69) is 22.5 Å². The SMILES string of the molecule is CN=C(NCCC1CC1)NC(C)c1ccccc1Cl.I. The molecule has 20 heavy (non-hydrogen) atoms. The normalized spacial score (nSPS) is 16.2. The number of halogens is 2. The summed E-state index contributed by atoms with van der Waals surface area (Å²) in [7, 11) is 1.80. The molecule has 2 rings (SSSR count). The van der Waals surface area contributed by atoms with Crippen molar-refractivity contribution in [1.29, 1.82) is 0 Å². The van der Waals surface area contributed by atoms with E-state index in [1.54, 1.807) is 7.05 Å². The Morgan fingerprint density at radius 3 is 2.70 bits per heavy atom. The third-order valence-corrected chi connectivity index (χ3v) is 3.83. The van der Waals surface area contributed by atoms with E-state index in [1.807, 2.05) is 24.3 Å². The summed E-state index contributed by atoms with van der Waals surface area (Å²) in [5.41, 5.74) is 1.09. The van der Waals surface area contributed by atoms with E-state index >= 15 is 0 Å². The Balaban J connectivity index is 0.00000200. The summed E-state index contributed by atoms with van der Waals surface area (Å²) in [5, 5.41) is 7.52. The lowest BCUT2D eigenvalue weighted by molar-refractivity contribution is 0.654. The van der Waals surface area contributed by atoms with E-state index in [1.165, 1.54) is 19.3 Å². The van der Waals surface area contributed by atoms with Gasteiger partial charge in [-0.2, -0.15) is 0 Å². The fourth-order valence-electron chi connectivity index (χ4n) is 2.10. The molecule has 0 aliphatic heterocycles. The van der Waals surface area contributed by atoms with Crippen molar-refractivity contribution in [2.24, 2.45) is 10.9 Å². The maximum Gasteiger partial charge on any atom is 0.191 e. The topological polar surface area (TPSA) is 36.4 Å². The molecule has 0 saturated heterocycles. The van der Waals surface area contributed by atoms with Crippen LogP contribution in [0.25, 0.3) is 0 Å². The van der Waals surface area contributed by atoms with Gasteiger partial charge < -0.3 is 10.6 Å². The van der Waals surface area contributed by atoms with Gasteiger partial charge in [0.2, 0.25) is 0 Å². The minimum absolute atomic E-state index is 0. The Kier molecular flexibility index (Phi) is 7.66. The Morgan fingerprint density at radius 2 is 2.10 bits per heavy atom. The van der Waals surface area contributed by atoms with Crippen molar-refractivity contribution >= 4 is 41.5 Å². The van der Waals surface area contributed by atoms with Crippen LogP contribution in [0.4, 0.5) is 0 Å². The van der Waals surface area contributed by atoms with Crippen LogP contribution >= 0.6 is 35.6 Å². The van der Waals surface area contributed by atoms with Crippen molar-refractivity contribution in [3.8, 4) is 0 Å². The van der Waals surface area contributed by atoms with E-state index in [4.69, 9.17) is 11.6 Å². The molecule has 0 bridgehead atoms. The van der Waals surface area contributed by atoms with Crippen LogP contribution in [0.1, 0.15) is 37.8 Å². The first kappa shape index (κ1) is 17.6. The zero-order chi connectivity index (χ0) is 13.7. The number of nitrogens with zero attached hydrogens (tertiary/aromatic N) is 1. The molecular weight excluding hydrogens is 385 g/mol. The predicted octanol–water partition coefficient (Wildman–Crippen LogP) is 3.98. The van der Waals surface area contributed by atoms with Gasteiger partial charge in [0.05, 0.1) is 6.04 Å².